The maximum absolute atomic E-state index is 12.9. The van der Waals surface area contributed by atoms with E-state index in [0.717, 1.165) is 36.1 Å². The number of aryl methyl sites for hydroxylation is 1. The van der Waals surface area contributed by atoms with Crippen molar-refractivity contribution >= 4 is 46.5 Å². The van der Waals surface area contributed by atoms with Crippen molar-refractivity contribution in [3.05, 3.63) is 62.0 Å². The summed E-state index contributed by atoms with van der Waals surface area (Å²) in [5.74, 6) is 1.10. The molecule has 1 aromatic carbocycles. The third kappa shape index (κ3) is 4.61. The SMILES string of the molecule is CC(C)(C)C1CCc2onc(C(=O)Nc3nn(Cc4c(Cl)cccc4Cl)cc3Cl)c2C1. The molecule has 1 N–H and O–H groups in total. The molecule has 2 heterocycles. The zero-order valence-corrected chi connectivity index (χ0v) is 19.8. The van der Waals surface area contributed by atoms with Gasteiger partial charge in [0.25, 0.3) is 5.91 Å². The molecule has 1 amide bonds. The van der Waals surface area contributed by atoms with Gasteiger partial charge in [0.1, 0.15) is 10.8 Å². The van der Waals surface area contributed by atoms with E-state index in [0.29, 0.717) is 33.2 Å². The fraction of sp³-hybridized carbons (Fsp3) is 0.409. The van der Waals surface area contributed by atoms with E-state index in [4.69, 9.17) is 39.3 Å². The van der Waals surface area contributed by atoms with Gasteiger partial charge in [-0.2, -0.15) is 5.10 Å². The van der Waals surface area contributed by atoms with Gasteiger partial charge in [0.2, 0.25) is 0 Å². The number of aromatic nitrogens is 3. The predicted octanol–water partition coefficient (Wildman–Crippen LogP) is 6.28. The molecule has 4 rings (SSSR count). The number of nitrogens with zero attached hydrogens (tertiary/aromatic N) is 3. The number of hydrogen-bond donors (Lipinski definition) is 1. The van der Waals surface area contributed by atoms with E-state index in [1.54, 1.807) is 29.1 Å². The van der Waals surface area contributed by atoms with Gasteiger partial charge in [-0.1, -0.05) is 66.8 Å². The molecule has 0 radical (unpaired) electrons. The van der Waals surface area contributed by atoms with Gasteiger partial charge in [-0.05, 0) is 36.3 Å². The number of hydrogen-bond acceptors (Lipinski definition) is 4. The molecule has 0 saturated carbocycles. The molecule has 0 spiro atoms. The number of amides is 1. The lowest BCUT2D eigenvalue weighted by molar-refractivity contribution is 0.101. The van der Waals surface area contributed by atoms with Gasteiger partial charge in [0.05, 0.1) is 6.54 Å². The number of halogens is 3. The first kappa shape index (κ1) is 22.2. The molecule has 9 heteroatoms. The van der Waals surface area contributed by atoms with Crippen LogP contribution in [0, 0.1) is 11.3 Å². The van der Waals surface area contributed by atoms with Crippen molar-refractivity contribution in [3.63, 3.8) is 0 Å². The maximum Gasteiger partial charge on any atom is 0.279 e. The number of rotatable bonds is 4. The van der Waals surface area contributed by atoms with Crippen LogP contribution in [0.5, 0.6) is 0 Å². The standard InChI is InChI=1S/C22H23Cl3N4O2/c1-22(2,3)12-7-8-18-13(9-12)19(28-31-18)21(30)26-20-17(25)11-29(27-20)10-14-15(23)5-4-6-16(14)24/h4-6,11-12H,7-10H2,1-3H3,(H,26,27,30). The molecule has 0 aliphatic heterocycles. The van der Waals surface area contributed by atoms with Crippen molar-refractivity contribution in [1.82, 2.24) is 14.9 Å². The summed E-state index contributed by atoms with van der Waals surface area (Å²) < 4.78 is 7.03. The lowest BCUT2D eigenvalue weighted by Gasteiger charge is -2.33. The first-order valence-electron chi connectivity index (χ1n) is 10.1. The highest BCUT2D eigenvalue weighted by Gasteiger charge is 2.34. The molecule has 0 saturated heterocycles. The highest BCUT2D eigenvalue weighted by molar-refractivity contribution is 6.36. The van der Waals surface area contributed by atoms with Gasteiger partial charge in [0, 0.05) is 33.8 Å². The van der Waals surface area contributed by atoms with Gasteiger partial charge >= 0.3 is 0 Å². The molecule has 1 unspecified atom stereocenters. The van der Waals surface area contributed by atoms with Crippen LogP contribution in [0.1, 0.15) is 54.6 Å². The number of anilines is 1. The first-order chi connectivity index (χ1) is 14.6. The number of benzene rings is 1. The van der Waals surface area contributed by atoms with Crippen molar-refractivity contribution in [2.75, 3.05) is 5.32 Å². The van der Waals surface area contributed by atoms with E-state index in [1.165, 1.54) is 0 Å². The van der Waals surface area contributed by atoms with Gasteiger partial charge < -0.3 is 9.84 Å². The van der Waals surface area contributed by atoms with E-state index in [-0.39, 0.29) is 17.1 Å². The lowest BCUT2D eigenvalue weighted by atomic mass is 9.71. The van der Waals surface area contributed by atoms with E-state index < -0.39 is 0 Å². The summed E-state index contributed by atoms with van der Waals surface area (Å²) in [6.45, 7) is 6.97. The molecule has 1 aliphatic rings. The Morgan fingerprint density at radius 2 is 1.94 bits per heavy atom. The summed E-state index contributed by atoms with van der Waals surface area (Å²) in [5.41, 5.74) is 2.04. The number of fused-ring (bicyclic) bond motifs is 1. The second kappa shape index (κ2) is 8.49. The number of nitrogens with one attached hydrogen (secondary N) is 1. The van der Waals surface area contributed by atoms with Crippen LogP contribution in [0.2, 0.25) is 15.1 Å². The Bertz CT molecular complexity index is 1110. The third-order valence-corrected chi connectivity index (χ3v) is 6.80. The van der Waals surface area contributed by atoms with Crippen LogP contribution in [0.4, 0.5) is 5.82 Å². The Morgan fingerprint density at radius 3 is 2.61 bits per heavy atom. The highest BCUT2D eigenvalue weighted by Crippen LogP contribution is 2.38. The van der Waals surface area contributed by atoms with Crippen molar-refractivity contribution in [2.24, 2.45) is 11.3 Å². The van der Waals surface area contributed by atoms with Gasteiger partial charge in [-0.3, -0.25) is 9.48 Å². The van der Waals surface area contributed by atoms with Crippen LogP contribution in [0.3, 0.4) is 0 Å². The molecule has 1 atom stereocenters. The quantitative estimate of drug-likeness (QED) is 0.476. The van der Waals surface area contributed by atoms with Crippen molar-refractivity contribution < 1.29 is 9.32 Å². The van der Waals surface area contributed by atoms with E-state index >= 15 is 0 Å². The summed E-state index contributed by atoms with van der Waals surface area (Å²) in [6, 6.07) is 5.29. The monoisotopic (exact) mass is 480 g/mol. The van der Waals surface area contributed by atoms with Gasteiger partial charge in [-0.15, -0.1) is 0 Å². The largest absolute Gasteiger partial charge is 0.360 e. The van der Waals surface area contributed by atoms with Gasteiger partial charge in [0.15, 0.2) is 11.5 Å². The topological polar surface area (TPSA) is 73.0 Å². The summed E-state index contributed by atoms with van der Waals surface area (Å²) in [5, 5.41) is 12.6. The minimum absolute atomic E-state index is 0.144. The van der Waals surface area contributed by atoms with Crippen LogP contribution in [-0.2, 0) is 19.4 Å². The molecule has 0 fully saturated rings. The minimum Gasteiger partial charge on any atom is -0.360 e. The Hall–Kier alpha value is -2.02. The molecule has 3 aromatic rings. The normalized spacial score (nSPS) is 16.3. The second-order valence-electron chi connectivity index (χ2n) is 8.92. The summed E-state index contributed by atoms with van der Waals surface area (Å²) in [6.07, 6.45) is 4.18. The zero-order chi connectivity index (χ0) is 22.3. The third-order valence-electron chi connectivity index (χ3n) is 5.81. The Morgan fingerprint density at radius 1 is 1.23 bits per heavy atom. The number of carbonyl (C=O) groups excluding carboxylic acids is 1. The molecule has 6 nitrogen and oxygen atoms in total. The van der Waals surface area contributed by atoms with Crippen LogP contribution < -0.4 is 5.32 Å². The van der Waals surface area contributed by atoms with E-state index in [2.05, 4.69) is 36.3 Å². The average molecular weight is 482 g/mol. The fourth-order valence-electron chi connectivity index (χ4n) is 3.90. The fourth-order valence-corrected chi connectivity index (χ4v) is 4.61. The second-order valence-corrected chi connectivity index (χ2v) is 10.1. The smallest absolute Gasteiger partial charge is 0.279 e. The maximum atomic E-state index is 12.9. The predicted molar refractivity (Wildman–Crippen MR) is 122 cm³/mol. The highest BCUT2D eigenvalue weighted by atomic mass is 35.5. The molecule has 164 valence electrons. The Balaban J connectivity index is 1.53. The number of carbonyl (C=O) groups is 1. The summed E-state index contributed by atoms with van der Waals surface area (Å²) >= 11 is 18.8. The molecule has 1 aliphatic carbocycles. The van der Waals surface area contributed by atoms with Crippen LogP contribution in [0.25, 0.3) is 0 Å². The molecule has 31 heavy (non-hydrogen) atoms. The van der Waals surface area contributed by atoms with E-state index in [9.17, 15) is 4.79 Å². The Labute approximate surface area is 195 Å². The molecule has 2 aromatic heterocycles. The van der Waals surface area contributed by atoms with Crippen LogP contribution >= 0.6 is 34.8 Å². The molecule has 0 bridgehead atoms. The molecular weight excluding hydrogens is 459 g/mol. The Kier molecular flexibility index (Phi) is 6.08. The van der Waals surface area contributed by atoms with Crippen molar-refractivity contribution in [1.29, 1.82) is 0 Å². The lowest BCUT2D eigenvalue weighted by Crippen LogP contribution is -2.27. The molecular formula is C22H23Cl3N4O2. The van der Waals surface area contributed by atoms with Crippen LogP contribution in [0.15, 0.2) is 28.9 Å². The van der Waals surface area contributed by atoms with Crippen molar-refractivity contribution in [3.8, 4) is 0 Å². The summed E-state index contributed by atoms with van der Waals surface area (Å²) in [4.78, 5) is 12.9. The van der Waals surface area contributed by atoms with Crippen LogP contribution in [-0.4, -0.2) is 20.8 Å². The summed E-state index contributed by atoms with van der Waals surface area (Å²) in [7, 11) is 0. The first-order valence-corrected chi connectivity index (χ1v) is 11.2. The van der Waals surface area contributed by atoms with E-state index in [1.807, 2.05) is 0 Å². The van der Waals surface area contributed by atoms with Gasteiger partial charge in [-0.25, -0.2) is 0 Å². The van der Waals surface area contributed by atoms with Crippen molar-refractivity contribution in [2.45, 2.75) is 46.6 Å². The minimum atomic E-state index is -0.387. The zero-order valence-electron chi connectivity index (χ0n) is 17.5. The average Bonchev–Trinajstić information content (AvgIpc) is 3.27.